The van der Waals surface area contributed by atoms with Gasteiger partial charge in [-0.05, 0) is 93.8 Å². The standard InChI is InChI=1S/C47H54N4O17/c1-4-49(23-44(55)56)30-11-8-27(9-12-30)16-37(52)33-17-28-10-13-32(20-40(28)68-47(33)61)65-26-29-18-36(50(24-45(57)58)25-46(59)60)42(21-35(29)51(62)63)67-39-7-5-6-38(39)66-41-19-31(64-3)14-15-34(41)48(2)22-43(53)54/h10,13-15,17-21,27,30,38-39H,4-9,11-12,16,22-26H2,1-3H3,(H,53,54)(H,55,56)(H,57,58)(H,59,60)/t27?,30?,38-,39+/m1/s1. The fourth-order valence-electron chi connectivity index (χ4n) is 8.88. The summed E-state index contributed by atoms with van der Waals surface area (Å²) < 4.78 is 29.7. The molecular formula is C47H54N4O17. The number of anilines is 2. The summed E-state index contributed by atoms with van der Waals surface area (Å²) in [5.74, 6) is -4.50. The lowest BCUT2D eigenvalue weighted by atomic mass is 9.82. The van der Waals surface area contributed by atoms with Crippen molar-refractivity contribution < 1.29 is 72.7 Å². The van der Waals surface area contributed by atoms with Crippen LogP contribution in [0.2, 0.25) is 0 Å². The number of fused-ring (bicyclic) bond motifs is 1. The fourth-order valence-corrected chi connectivity index (χ4v) is 8.88. The summed E-state index contributed by atoms with van der Waals surface area (Å²) in [4.78, 5) is 89.7. The minimum atomic E-state index is -1.39. The number of ether oxygens (including phenoxy) is 4. The maximum absolute atomic E-state index is 13.4. The van der Waals surface area contributed by atoms with Gasteiger partial charge in [-0.25, -0.2) is 4.79 Å². The molecule has 0 spiro atoms. The zero-order chi connectivity index (χ0) is 49.2. The van der Waals surface area contributed by atoms with E-state index in [1.165, 1.54) is 36.3 Å². The summed E-state index contributed by atoms with van der Waals surface area (Å²) in [5, 5.41) is 51.3. The summed E-state index contributed by atoms with van der Waals surface area (Å²) in [5.41, 5.74) is -1.14. The second-order valence-electron chi connectivity index (χ2n) is 16.9. The molecule has 4 N–H and O–H groups in total. The van der Waals surface area contributed by atoms with Gasteiger partial charge in [-0.1, -0.05) is 6.92 Å². The number of hydrogen-bond donors (Lipinski definition) is 4. The van der Waals surface area contributed by atoms with E-state index in [0.29, 0.717) is 55.5 Å². The van der Waals surface area contributed by atoms with Crippen molar-refractivity contribution in [3.8, 4) is 23.0 Å². The Balaban J connectivity index is 1.23. The van der Waals surface area contributed by atoms with Gasteiger partial charge in [0.2, 0.25) is 0 Å². The van der Waals surface area contributed by atoms with E-state index in [2.05, 4.69) is 0 Å². The normalized spacial score (nSPS) is 17.9. The molecule has 0 radical (unpaired) electrons. The highest BCUT2D eigenvalue weighted by atomic mass is 16.6. The van der Waals surface area contributed by atoms with Crippen molar-refractivity contribution in [2.75, 3.05) is 56.7 Å². The molecule has 21 heteroatoms. The quantitative estimate of drug-likeness (QED) is 0.0283. The summed E-state index contributed by atoms with van der Waals surface area (Å²) in [6.07, 6.45) is 2.94. The van der Waals surface area contributed by atoms with E-state index >= 15 is 0 Å². The molecule has 0 saturated heterocycles. The Kier molecular flexibility index (Phi) is 16.5. The number of carboxylic acid groups (broad SMARTS) is 4. The first-order valence-corrected chi connectivity index (χ1v) is 22.1. The number of nitrogens with zero attached hydrogens (tertiary/aromatic N) is 4. The molecule has 1 heterocycles. The van der Waals surface area contributed by atoms with Crippen LogP contribution in [-0.2, 0) is 25.8 Å². The van der Waals surface area contributed by atoms with E-state index in [9.17, 15) is 59.3 Å². The zero-order valence-corrected chi connectivity index (χ0v) is 37.8. The second kappa shape index (κ2) is 22.4. The number of aliphatic carboxylic acids is 4. The van der Waals surface area contributed by atoms with E-state index in [1.54, 1.807) is 31.3 Å². The van der Waals surface area contributed by atoms with Crippen molar-refractivity contribution in [2.45, 2.75) is 83.1 Å². The number of nitro groups is 1. The lowest BCUT2D eigenvalue weighted by Gasteiger charge is -2.35. The van der Waals surface area contributed by atoms with Crippen LogP contribution in [0.5, 0.6) is 23.0 Å². The van der Waals surface area contributed by atoms with Gasteiger partial charge in [0, 0.05) is 37.0 Å². The molecule has 2 saturated carbocycles. The molecule has 3 aromatic carbocycles. The van der Waals surface area contributed by atoms with Crippen LogP contribution in [0.3, 0.4) is 0 Å². The van der Waals surface area contributed by atoms with Crippen LogP contribution in [0.15, 0.2) is 63.8 Å². The van der Waals surface area contributed by atoms with Crippen LogP contribution in [-0.4, -0.2) is 125 Å². The molecule has 0 bridgehead atoms. The largest absolute Gasteiger partial charge is 0.497 e. The molecule has 2 aliphatic rings. The first-order chi connectivity index (χ1) is 32.4. The number of Topliss-reactive ketones (excluding diaryl/α,β-unsaturated/α-hetero) is 1. The molecule has 0 amide bonds. The van der Waals surface area contributed by atoms with E-state index in [-0.39, 0.29) is 76.9 Å². The van der Waals surface area contributed by atoms with Crippen molar-refractivity contribution in [3.05, 3.63) is 86.3 Å². The third-order valence-electron chi connectivity index (χ3n) is 12.2. The summed E-state index contributed by atoms with van der Waals surface area (Å²) in [7, 11) is 3.03. The lowest BCUT2D eigenvalue weighted by molar-refractivity contribution is -0.385. The number of carbonyl (C=O) groups is 5. The highest BCUT2D eigenvalue weighted by Crippen LogP contribution is 2.41. The van der Waals surface area contributed by atoms with Crippen molar-refractivity contribution in [1.82, 2.24) is 4.90 Å². The maximum atomic E-state index is 13.4. The molecule has 1 aromatic heterocycles. The van der Waals surface area contributed by atoms with Gasteiger partial charge in [-0.3, -0.25) is 39.0 Å². The van der Waals surface area contributed by atoms with Crippen molar-refractivity contribution >= 4 is 57.7 Å². The van der Waals surface area contributed by atoms with Crippen LogP contribution < -0.4 is 34.4 Å². The van der Waals surface area contributed by atoms with Crippen LogP contribution in [0, 0.1) is 16.0 Å². The van der Waals surface area contributed by atoms with Crippen molar-refractivity contribution in [2.24, 2.45) is 5.92 Å². The van der Waals surface area contributed by atoms with Crippen molar-refractivity contribution in [3.63, 3.8) is 0 Å². The van der Waals surface area contributed by atoms with Gasteiger partial charge in [0.25, 0.3) is 5.69 Å². The molecule has 4 aromatic rings. The molecule has 2 fully saturated rings. The van der Waals surface area contributed by atoms with E-state index in [4.69, 9.17) is 23.4 Å². The predicted octanol–water partition coefficient (Wildman–Crippen LogP) is 5.70. The third kappa shape index (κ3) is 12.7. The van der Waals surface area contributed by atoms with Gasteiger partial charge in [0.05, 0.1) is 41.6 Å². The van der Waals surface area contributed by atoms with Crippen LogP contribution in [0.25, 0.3) is 11.0 Å². The number of benzene rings is 3. The van der Waals surface area contributed by atoms with Gasteiger partial charge in [0.15, 0.2) is 5.78 Å². The van der Waals surface area contributed by atoms with Crippen molar-refractivity contribution in [1.29, 1.82) is 0 Å². The number of rotatable bonds is 24. The van der Waals surface area contributed by atoms with E-state index < -0.39 is 72.0 Å². The minimum absolute atomic E-state index is 0.0196. The molecule has 2 atom stereocenters. The Morgan fingerprint density at radius 1 is 0.765 bits per heavy atom. The lowest BCUT2D eigenvalue weighted by Crippen LogP contribution is -2.41. The fraction of sp³-hybridized carbons (Fsp3) is 0.447. The Morgan fingerprint density at radius 3 is 1.97 bits per heavy atom. The first kappa shape index (κ1) is 50.0. The van der Waals surface area contributed by atoms with Gasteiger partial charge in [-0.2, -0.15) is 0 Å². The summed E-state index contributed by atoms with van der Waals surface area (Å²) in [6, 6.07) is 13.1. The number of methoxy groups -OCH3 is 1. The van der Waals surface area contributed by atoms with Gasteiger partial charge in [0.1, 0.15) is 72.6 Å². The summed E-state index contributed by atoms with van der Waals surface area (Å²) in [6.45, 7) is -0.0196. The van der Waals surface area contributed by atoms with Gasteiger partial charge < -0.3 is 53.6 Å². The SMILES string of the molecule is CCN(CC(=O)O)C1CCC(CC(=O)c2cc3ccc(OCc4cc(N(CC(=O)O)CC(=O)O)c(O[C@H]5CCC[C@H]5Oc5cc(OC)ccc5N(C)CC(=O)O)cc4[N+](=O)[O-])cc3oc2=O)CC1. The van der Waals surface area contributed by atoms with Gasteiger partial charge >= 0.3 is 29.5 Å². The van der Waals surface area contributed by atoms with Crippen LogP contribution in [0.4, 0.5) is 17.1 Å². The van der Waals surface area contributed by atoms with E-state index in [1.807, 2.05) is 11.8 Å². The third-order valence-corrected chi connectivity index (χ3v) is 12.2. The zero-order valence-electron chi connectivity index (χ0n) is 37.8. The molecule has 21 nitrogen and oxygen atoms in total. The van der Waals surface area contributed by atoms with Crippen LogP contribution >= 0.6 is 0 Å². The molecule has 68 heavy (non-hydrogen) atoms. The van der Waals surface area contributed by atoms with E-state index in [0.717, 1.165) is 23.8 Å². The molecule has 6 rings (SSSR count). The molecule has 0 unspecified atom stereocenters. The average molecular weight is 947 g/mol. The maximum Gasteiger partial charge on any atom is 0.347 e. The number of carboxylic acids is 4. The summed E-state index contributed by atoms with van der Waals surface area (Å²) >= 11 is 0. The molecular weight excluding hydrogens is 893 g/mol. The highest BCUT2D eigenvalue weighted by Gasteiger charge is 2.35. The minimum Gasteiger partial charge on any atom is -0.497 e. The Hall–Kier alpha value is -7.42. The van der Waals surface area contributed by atoms with Crippen LogP contribution in [0.1, 0.15) is 74.2 Å². The van der Waals surface area contributed by atoms with Gasteiger partial charge in [-0.15, -0.1) is 0 Å². The Bertz CT molecular complexity index is 2570. The molecule has 364 valence electrons. The molecule has 2 aliphatic carbocycles. The second-order valence-corrected chi connectivity index (χ2v) is 16.9. The number of ketones is 1. The monoisotopic (exact) mass is 946 g/mol. The Morgan fingerprint density at radius 2 is 1.38 bits per heavy atom. The average Bonchev–Trinajstić information content (AvgIpc) is 3.72. The topological polar surface area (TPSA) is 286 Å². The number of hydrogen-bond acceptors (Lipinski definition) is 16. The number of likely N-dealkylation sites (N-methyl/N-ethyl adjacent to an activating group) is 2. The number of nitro benzene ring substituents is 1. The number of carbonyl (C=O) groups excluding carboxylic acids is 1. The first-order valence-electron chi connectivity index (χ1n) is 22.1. The Labute approximate surface area is 389 Å². The smallest absolute Gasteiger partial charge is 0.347 e. The molecule has 0 aliphatic heterocycles. The predicted molar refractivity (Wildman–Crippen MR) is 244 cm³/mol. The highest BCUT2D eigenvalue weighted by molar-refractivity contribution is 5.98.